The molecule has 1 aromatic rings. The molecule has 1 aliphatic carbocycles. The lowest BCUT2D eigenvalue weighted by molar-refractivity contribution is -0.125. The van der Waals surface area contributed by atoms with Crippen LogP contribution in [0.25, 0.3) is 0 Å². The number of nitrogens with one attached hydrogen (secondary N) is 1. The zero-order valence-corrected chi connectivity index (χ0v) is 10.7. The Morgan fingerprint density at radius 3 is 2.95 bits per heavy atom. The van der Waals surface area contributed by atoms with Gasteiger partial charge >= 0.3 is 0 Å². The summed E-state index contributed by atoms with van der Waals surface area (Å²) in [5.74, 6) is 1.68. The number of hydrogen-bond acceptors (Lipinski definition) is 4. The van der Waals surface area contributed by atoms with Crippen molar-refractivity contribution in [2.75, 3.05) is 6.79 Å². The minimum atomic E-state index is 0.0732. The largest absolute Gasteiger partial charge is 0.454 e. The van der Waals surface area contributed by atoms with Gasteiger partial charge < -0.3 is 20.5 Å². The Morgan fingerprint density at radius 1 is 1.32 bits per heavy atom. The maximum Gasteiger partial charge on any atom is 0.231 e. The Kier molecular flexibility index (Phi) is 3.29. The van der Waals surface area contributed by atoms with E-state index < -0.39 is 0 Å². The van der Waals surface area contributed by atoms with Crippen molar-refractivity contribution >= 4 is 5.91 Å². The summed E-state index contributed by atoms with van der Waals surface area (Å²) < 4.78 is 10.6. The zero-order valence-electron chi connectivity index (χ0n) is 10.7. The summed E-state index contributed by atoms with van der Waals surface area (Å²) in [5.41, 5.74) is 6.84. The first-order valence-corrected chi connectivity index (χ1v) is 6.64. The number of ether oxygens (including phenoxy) is 2. The fourth-order valence-corrected chi connectivity index (χ4v) is 2.64. The van der Waals surface area contributed by atoms with Gasteiger partial charge in [-0.1, -0.05) is 6.07 Å². The van der Waals surface area contributed by atoms with Gasteiger partial charge in [0.25, 0.3) is 0 Å². The van der Waals surface area contributed by atoms with Crippen LogP contribution in [0, 0.1) is 5.92 Å². The van der Waals surface area contributed by atoms with Gasteiger partial charge in [0.1, 0.15) is 0 Å². The van der Waals surface area contributed by atoms with E-state index in [-0.39, 0.29) is 24.7 Å². The molecule has 0 aromatic heterocycles. The van der Waals surface area contributed by atoms with Crippen LogP contribution >= 0.6 is 0 Å². The SMILES string of the molecule is NC1CCC(C(=O)NCc2ccc3c(c2)OCO3)C1. The molecule has 2 atom stereocenters. The number of hydrogen-bond donors (Lipinski definition) is 2. The highest BCUT2D eigenvalue weighted by molar-refractivity contribution is 5.79. The molecule has 1 heterocycles. The summed E-state index contributed by atoms with van der Waals surface area (Å²) >= 11 is 0. The molecular weight excluding hydrogens is 244 g/mol. The van der Waals surface area contributed by atoms with Crippen molar-refractivity contribution in [3.8, 4) is 11.5 Å². The zero-order chi connectivity index (χ0) is 13.2. The first-order chi connectivity index (χ1) is 9.22. The number of rotatable bonds is 3. The van der Waals surface area contributed by atoms with E-state index in [0.717, 1.165) is 36.3 Å². The standard InChI is InChI=1S/C14H18N2O3/c15-11-3-2-10(6-11)14(17)16-7-9-1-4-12-13(5-9)19-8-18-12/h1,4-5,10-11H,2-3,6-8,15H2,(H,16,17). The molecule has 5 heteroatoms. The number of benzene rings is 1. The lowest BCUT2D eigenvalue weighted by Crippen LogP contribution is -2.29. The molecule has 2 unspecified atom stereocenters. The molecule has 5 nitrogen and oxygen atoms in total. The third kappa shape index (κ3) is 2.66. The summed E-state index contributed by atoms with van der Waals surface area (Å²) in [4.78, 5) is 12.0. The minimum Gasteiger partial charge on any atom is -0.454 e. The van der Waals surface area contributed by atoms with Crippen LogP contribution in [-0.2, 0) is 11.3 Å². The van der Waals surface area contributed by atoms with E-state index in [9.17, 15) is 4.79 Å². The Hall–Kier alpha value is -1.75. The summed E-state index contributed by atoms with van der Waals surface area (Å²) in [5, 5.41) is 2.96. The van der Waals surface area contributed by atoms with Crippen LogP contribution in [-0.4, -0.2) is 18.7 Å². The highest BCUT2D eigenvalue weighted by Crippen LogP contribution is 2.32. The molecule has 1 aliphatic heterocycles. The van der Waals surface area contributed by atoms with Crippen LogP contribution in [0.4, 0.5) is 0 Å². The van der Waals surface area contributed by atoms with Gasteiger partial charge in [-0.2, -0.15) is 0 Å². The Labute approximate surface area is 112 Å². The Bertz CT molecular complexity index is 490. The van der Waals surface area contributed by atoms with Gasteiger partial charge in [-0.15, -0.1) is 0 Å². The third-order valence-corrected chi connectivity index (χ3v) is 3.75. The normalized spacial score (nSPS) is 24.5. The predicted molar refractivity (Wildman–Crippen MR) is 69.7 cm³/mol. The van der Waals surface area contributed by atoms with Crippen molar-refractivity contribution in [1.29, 1.82) is 0 Å². The molecule has 1 amide bonds. The van der Waals surface area contributed by atoms with Crippen LogP contribution in [0.1, 0.15) is 24.8 Å². The van der Waals surface area contributed by atoms with Crippen molar-refractivity contribution < 1.29 is 14.3 Å². The molecule has 1 saturated carbocycles. The van der Waals surface area contributed by atoms with Crippen LogP contribution in [0.15, 0.2) is 18.2 Å². The van der Waals surface area contributed by atoms with E-state index in [4.69, 9.17) is 15.2 Å². The number of carbonyl (C=O) groups excluding carboxylic acids is 1. The maximum atomic E-state index is 12.0. The summed E-state index contributed by atoms with van der Waals surface area (Å²) in [6, 6.07) is 5.90. The first kappa shape index (κ1) is 12.3. The molecule has 1 fully saturated rings. The lowest BCUT2D eigenvalue weighted by atomic mass is 10.1. The van der Waals surface area contributed by atoms with Gasteiger partial charge in [0, 0.05) is 18.5 Å². The van der Waals surface area contributed by atoms with Gasteiger partial charge in [-0.05, 0) is 37.0 Å². The monoisotopic (exact) mass is 262 g/mol. The van der Waals surface area contributed by atoms with Gasteiger partial charge in [-0.25, -0.2) is 0 Å². The number of amides is 1. The van der Waals surface area contributed by atoms with Crippen molar-refractivity contribution in [1.82, 2.24) is 5.32 Å². The molecule has 1 aromatic carbocycles. The van der Waals surface area contributed by atoms with E-state index in [2.05, 4.69) is 5.32 Å². The third-order valence-electron chi connectivity index (χ3n) is 3.75. The van der Waals surface area contributed by atoms with Crippen molar-refractivity contribution in [3.05, 3.63) is 23.8 Å². The fraction of sp³-hybridized carbons (Fsp3) is 0.500. The number of fused-ring (bicyclic) bond motifs is 1. The van der Waals surface area contributed by atoms with E-state index in [1.54, 1.807) is 0 Å². The topological polar surface area (TPSA) is 73.6 Å². The smallest absolute Gasteiger partial charge is 0.231 e. The van der Waals surface area contributed by atoms with Gasteiger partial charge in [0.15, 0.2) is 11.5 Å². The highest BCUT2D eigenvalue weighted by atomic mass is 16.7. The van der Waals surface area contributed by atoms with Gasteiger partial charge in [0.2, 0.25) is 12.7 Å². The number of carbonyl (C=O) groups is 1. The van der Waals surface area contributed by atoms with E-state index in [1.807, 2.05) is 18.2 Å². The molecule has 3 N–H and O–H groups in total. The molecule has 102 valence electrons. The highest BCUT2D eigenvalue weighted by Gasteiger charge is 2.27. The fourth-order valence-electron chi connectivity index (χ4n) is 2.64. The van der Waals surface area contributed by atoms with Crippen molar-refractivity contribution in [2.24, 2.45) is 11.7 Å². The Morgan fingerprint density at radius 2 is 2.16 bits per heavy atom. The molecule has 0 saturated heterocycles. The van der Waals surface area contributed by atoms with Crippen LogP contribution in [0.2, 0.25) is 0 Å². The second-order valence-electron chi connectivity index (χ2n) is 5.18. The molecule has 0 bridgehead atoms. The average molecular weight is 262 g/mol. The second kappa shape index (κ2) is 5.09. The van der Waals surface area contributed by atoms with Gasteiger partial charge in [-0.3, -0.25) is 4.79 Å². The van der Waals surface area contributed by atoms with Crippen molar-refractivity contribution in [2.45, 2.75) is 31.8 Å². The molecule has 3 rings (SSSR count). The molecule has 0 radical (unpaired) electrons. The second-order valence-corrected chi connectivity index (χ2v) is 5.18. The van der Waals surface area contributed by atoms with Crippen molar-refractivity contribution in [3.63, 3.8) is 0 Å². The summed E-state index contributed by atoms with van der Waals surface area (Å²) in [6.07, 6.45) is 2.64. The first-order valence-electron chi connectivity index (χ1n) is 6.64. The van der Waals surface area contributed by atoms with Crippen LogP contribution < -0.4 is 20.5 Å². The molecule has 19 heavy (non-hydrogen) atoms. The quantitative estimate of drug-likeness (QED) is 0.857. The van der Waals surface area contributed by atoms with Crippen LogP contribution in [0.3, 0.4) is 0 Å². The molecule has 0 spiro atoms. The van der Waals surface area contributed by atoms with E-state index in [1.165, 1.54) is 0 Å². The number of nitrogens with two attached hydrogens (primary N) is 1. The molecular formula is C14H18N2O3. The van der Waals surface area contributed by atoms with Crippen LogP contribution in [0.5, 0.6) is 11.5 Å². The average Bonchev–Trinajstić information content (AvgIpc) is 3.03. The van der Waals surface area contributed by atoms with E-state index in [0.29, 0.717) is 6.54 Å². The predicted octanol–water partition coefficient (Wildman–Crippen LogP) is 1.16. The van der Waals surface area contributed by atoms with Gasteiger partial charge in [0.05, 0.1) is 0 Å². The van der Waals surface area contributed by atoms with E-state index >= 15 is 0 Å². The minimum absolute atomic E-state index is 0.0732. The summed E-state index contributed by atoms with van der Waals surface area (Å²) in [6.45, 7) is 0.784. The molecule has 2 aliphatic rings. The maximum absolute atomic E-state index is 12.0. The Balaban J connectivity index is 1.56. The lowest BCUT2D eigenvalue weighted by Gasteiger charge is -2.11. The summed E-state index contributed by atoms with van der Waals surface area (Å²) in [7, 11) is 0.